The van der Waals surface area contributed by atoms with Gasteiger partial charge in [0.1, 0.15) is 23.7 Å². The molecule has 2 rings (SSSR count). The summed E-state index contributed by atoms with van der Waals surface area (Å²) in [6.07, 6.45) is 2.28. The number of rotatable bonds is 5. The molecule has 0 radical (unpaired) electrons. The van der Waals surface area contributed by atoms with E-state index in [0.29, 0.717) is 5.82 Å². The predicted molar refractivity (Wildman–Crippen MR) is 80.3 cm³/mol. The molecule has 0 aliphatic rings. The van der Waals surface area contributed by atoms with Crippen molar-refractivity contribution in [2.45, 2.75) is 13.3 Å². The van der Waals surface area contributed by atoms with Gasteiger partial charge in [0.15, 0.2) is 0 Å². The minimum absolute atomic E-state index is 0.646. The molecule has 0 bridgehead atoms. The number of hydrogen-bond acceptors (Lipinski definition) is 6. The molecule has 0 atom stereocenters. The topological polar surface area (TPSA) is 76.3 Å². The highest BCUT2D eigenvalue weighted by Gasteiger charge is 2.14. The van der Waals surface area contributed by atoms with Crippen molar-refractivity contribution >= 4 is 17.3 Å². The first-order valence-electron chi connectivity index (χ1n) is 6.39. The van der Waals surface area contributed by atoms with Gasteiger partial charge in [0, 0.05) is 24.4 Å². The summed E-state index contributed by atoms with van der Waals surface area (Å²) in [6, 6.07) is 7.81. The summed E-state index contributed by atoms with van der Waals surface area (Å²) in [5.74, 6) is 7.77. The molecule has 3 N–H and O–H groups in total. The van der Waals surface area contributed by atoms with Gasteiger partial charge in [0.05, 0.1) is 7.11 Å². The lowest BCUT2D eigenvalue weighted by atomic mass is 10.2. The third-order valence-electron chi connectivity index (χ3n) is 3.17. The quantitative estimate of drug-likeness (QED) is 0.642. The van der Waals surface area contributed by atoms with Crippen LogP contribution in [0.5, 0.6) is 5.75 Å². The average Bonchev–Trinajstić information content (AvgIpc) is 2.53. The molecule has 0 spiro atoms. The number of benzene rings is 1. The maximum Gasteiger partial charge on any atom is 0.148 e. The van der Waals surface area contributed by atoms with Crippen molar-refractivity contribution in [1.29, 1.82) is 0 Å². The second-order valence-corrected chi connectivity index (χ2v) is 4.28. The van der Waals surface area contributed by atoms with Crippen LogP contribution < -0.4 is 20.9 Å². The molecule has 1 aromatic heterocycles. The van der Waals surface area contributed by atoms with E-state index in [1.165, 1.54) is 6.33 Å². The van der Waals surface area contributed by atoms with Crippen molar-refractivity contribution in [2.24, 2.45) is 5.84 Å². The van der Waals surface area contributed by atoms with E-state index in [0.717, 1.165) is 29.2 Å². The van der Waals surface area contributed by atoms with E-state index < -0.39 is 0 Å². The first kappa shape index (κ1) is 14.1. The van der Waals surface area contributed by atoms with E-state index in [9.17, 15) is 0 Å². The minimum atomic E-state index is 0.646. The molecule has 0 aliphatic heterocycles. The van der Waals surface area contributed by atoms with Gasteiger partial charge in [0.2, 0.25) is 0 Å². The van der Waals surface area contributed by atoms with Gasteiger partial charge in [-0.2, -0.15) is 0 Å². The van der Waals surface area contributed by atoms with Crippen LogP contribution in [-0.2, 0) is 6.42 Å². The Kier molecular flexibility index (Phi) is 4.37. The van der Waals surface area contributed by atoms with Crippen LogP contribution in [0.3, 0.4) is 0 Å². The molecule has 0 fully saturated rings. The zero-order valence-corrected chi connectivity index (χ0v) is 11.9. The average molecular weight is 273 g/mol. The van der Waals surface area contributed by atoms with Gasteiger partial charge in [-0.15, -0.1) is 0 Å². The Labute approximate surface area is 118 Å². The van der Waals surface area contributed by atoms with E-state index in [1.807, 2.05) is 43.1 Å². The highest BCUT2D eigenvalue weighted by atomic mass is 16.5. The van der Waals surface area contributed by atoms with Crippen LogP contribution in [0, 0.1) is 0 Å². The van der Waals surface area contributed by atoms with Crippen LogP contribution in [0.1, 0.15) is 12.5 Å². The van der Waals surface area contributed by atoms with Crippen LogP contribution in [0.4, 0.5) is 17.3 Å². The SMILES string of the molecule is CCc1c(NN)ncnc1N(C)c1cccc(OC)c1. The molecule has 6 nitrogen and oxygen atoms in total. The number of ether oxygens (including phenoxy) is 1. The second kappa shape index (κ2) is 6.21. The fourth-order valence-corrected chi connectivity index (χ4v) is 2.08. The first-order chi connectivity index (χ1) is 9.71. The summed E-state index contributed by atoms with van der Waals surface area (Å²) in [5, 5.41) is 0. The third kappa shape index (κ3) is 2.65. The number of methoxy groups -OCH3 is 1. The molecule has 20 heavy (non-hydrogen) atoms. The zero-order chi connectivity index (χ0) is 14.5. The van der Waals surface area contributed by atoms with Crippen LogP contribution in [0.15, 0.2) is 30.6 Å². The molecule has 0 saturated carbocycles. The van der Waals surface area contributed by atoms with Gasteiger partial charge in [0.25, 0.3) is 0 Å². The standard InChI is InChI=1S/C14H19N5O/c1-4-12-13(18-15)16-9-17-14(12)19(2)10-6-5-7-11(8-10)20-3/h5-9H,4,15H2,1-3H3,(H,16,17,18). The molecule has 0 amide bonds. The van der Waals surface area contributed by atoms with Crippen molar-refractivity contribution in [3.8, 4) is 5.75 Å². The lowest BCUT2D eigenvalue weighted by Crippen LogP contribution is -2.18. The van der Waals surface area contributed by atoms with Crippen LogP contribution >= 0.6 is 0 Å². The van der Waals surface area contributed by atoms with Gasteiger partial charge in [-0.25, -0.2) is 15.8 Å². The Bertz CT molecular complexity index is 588. The molecule has 0 unspecified atom stereocenters. The molecular formula is C14H19N5O. The Hall–Kier alpha value is -2.34. The number of nitrogens with zero attached hydrogens (tertiary/aromatic N) is 3. The summed E-state index contributed by atoms with van der Waals surface area (Å²) in [6.45, 7) is 2.04. The van der Waals surface area contributed by atoms with Gasteiger partial charge in [-0.1, -0.05) is 13.0 Å². The van der Waals surface area contributed by atoms with Crippen molar-refractivity contribution in [3.63, 3.8) is 0 Å². The van der Waals surface area contributed by atoms with Crippen molar-refractivity contribution in [3.05, 3.63) is 36.2 Å². The monoisotopic (exact) mass is 273 g/mol. The maximum absolute atomic E-state index is 5.50. The molecule has 1 aromatic carbocycles. The maximum atomic E-state index is 5.50. The number of hydrazine groups is 1. The summed E-state index contributed by atoms with van der Waals surface area (Å²) in [5.41, 5.74) is 4.57. The Morgan fingerprint density at radius 1 is 1.35 bits per heavy atom. The van der Waals surface area contributed by atoms with Gasteiger partial charge >= 0.3 is 0 Å². The Morgan fingerprint density at radius 3 is 2.80 bits per heavy atom. The Balaban J connectivity index is 2.44. The van der Waals surface area contributed by atoms with Gasteiger partial charge in [-0.05, 0) is 18.6 Å². The second-order valence-electron chi connectivity index (χ2n) is 4.28. The summed E-state index contributed by atoms with van der Waals surface area (Å²) < 4.78 is 5.25. The Morgan fingerprint density at radius 2 is 2.15 bits per heavy atom. The fourth-order valence-electron chi connectivity index (χ4n) is 2.08. The fraction of sp³-hybridized carbons (Fsp3) is 0.286. The lowest BCUT2D eigenvalue weighted by molar-refractivity contribution is 0.415. The molecule has 0 saturated heterocycles. The zero-order valence-electron chi connectivity index (χ0n) is 11.9. The summed E-state index contributed by atoms with van der Waals surface area (Å²) in [7, 11) is 3.61. The van der Waals surface area contributed by atoms with Crippen LogP contribution in [0.25, 0.3) is 0 Å². The minimum Gasteiger partial charge on any atom is -0.497 e. The van der Waals surface area contributed by atoms with Crippen LogP contribution in [0.2, 0.25) is 0 Å². The molecular weight excluding hydrogens is 254 g/mol. The number of aromatic nitrogens is 2. The van der Waals surface area contributed by atoms with Crippen LogP contribution in [-0.4, -0.2) is 24.1 Å². The molecule has 0 aliphatic carbocycles. The number of anilines is 3. The molecule has 1 heterocycles. The summed E-state index contributed by atoms with van der Waals surface area (Å²) in [4.78, 5) is 10.5. The number of hydrogen-bond donors (Lipinski definition) is 2. The normalized spacial score (nSPS) is 10.2. The number of nitrogens with one attached hydrogen (secondary N) is 1. The van der Waals surface area contributed by atoms with Crippen molar-refractivity contribution in [1.82, 2.24) is 9.97 Å². The largest absolute Gasteiger partial charge is 0.497 e. The van der Waals surface area contributed by atoms with Gasteiger partial charge < -0.3 is 15.1 Å². The first-order valence-corrected chi connectivity index (χ1v) is 6.39. The number of nitrogens with two attached hydrogens (primary N) is 1. The van der Waals surface area contributed by atoms with E-state index in [2.05, 4.69) is 15.4 Å². The molecule has 2 aromatic rings. The van der Waals surface area contributed by atoms with E-state index in [-0.39, 0.29) is 0 Å². The smallest absolute Gasteiger partial charge is 0.148 e. The molecule has 6 heteroatoms. The number of nitrogen functional groups attached to an aromatic ring is 1. The van der Waals surface area contributed by atoms with E-state index >= 15 is 0 Å². The lowest BCUT2D eigenvalue weighted by Gasteiger charge is -2.22. The molecule has 106 valence electrons. The van der Waals surface area contributed by atoms with E-state index in [4.69, 9.17) is 10.6 Å². The highest BCUT2D eigenvalue weighted by Crippen LogP contribution is 2.30. The van der Waals surface area contributed by atoms with Crippen molar-refractivity contribution < 1.29 is 4.74 Å². The predicted octanol–water partition coefficient (Wildman–Crippen LogP) is 2.10. The van der Waals surface area contributed by atoms with Crippen molar-refractivity contribution in [2.75, 3.05) is 24.5 Å². The summed E-state index contributed by atoms with van der Waals surface area (Å²) >= 11 is 0. The third-order valence-corrected chi connectivity index (χ3v) is 3.17. The van der Waals surface area contributed by atoms with Gasteiger partial charge in [-0.3, -0.25) is 0 Å². The highest BCUT2D eigenvalue weighted by molar-refractivity contribution is 5.67. The van der Waals surface area contributed by atoms with E-state index in [1.54, 1.807) is 7.11 Å².